The summed E-state index contributed by atoms with van der Waals surface area (Å²) in [5.41, 5.74) is 2.91. The van der Waals surface area contributed by atoms with Gasteiger partial charge in [0.25, 0.3) is 0 Å². The molecule has 70 valence electrons. The second kappa shape index (κ2) is 5.90. The van der Waals surface area contributed by atoms with Gasteiger partial charge in [-0.05, 0) is 19.8 Å². The molecule has 0 aromatic heterocycles. The Bertz CT molecular complexity index is 153. The zero-order chi connectivity index (χ0) is 8.81. The van der Waals surface area contributed by atoms with Crippen LogP contribution in [0.25, 0.3) is 0 Å². The van der Waals surface area contributed by atoms with Crippen molar-refractivity contribution in [3.05, 3.63) is 11.1 Å². The van der Waals surface area contributed by atoms with Gasteiger partial charge in [0.15, 0.2) is 0 Å². The Balaban J connectivity index is 2.13. The van der Waals surface area contributed by atoms with E-state index in [4.69, 9.17) is 16.3 Å². The van der Waals surface area contributed by atoms with Crippen molar-refractivity contribution >= 4 is 23.4 Å². The summed E-state index contributed by atoms with van der Waals surface area (Å²) in [4.78, 5) is 0. The molecule has 0 aromatic carbocycles. The van der Waals surface area contributed by atoms with E-state index in [1.54, 1.807) is 5.54 Å². The first-order chi connectivity index (χ1) is 5.83. The van der Waals surface area contributed by atoms with Crippen LogP contribution in [-0.2, 0) is 4.74 Å². The van der Waals surface area contributed by atoms with Crippen LogP contribution in [0.15, 0.2) is 11.1 Å². The molecule has 1 fully saturated rings. The molecular weight excluding hydrogens is 192 g/mol. The Labute approximate surface area is 83.5 Å². The topological polar surface area (TPSA) is 9.23 Å². The van der Waals surface area contributed by atoms with Gasteiger partial charge in [-0.3, -0.25) is 0 Å². The van der Waals surface area contributed by atoms with Crippen molar-refractivity contribution in [2.24, 2.45) is 0 Å². The molecular formula is C9H15ClOS. The highest BCUT2D eigenvalue weighted by molar-refractivity contribution is 8.00. The number of hydrogen-bond acceptors (Lipinski definition) is 2. The highest BCUT2D eigenvalue weighted by Gasteiger charge is 2.13. The molecule has 1 heterocycles. The van der Waals surface area contributed by atoms with E-state index in [-0.39, 0.29) is 0 Å². The van der Waals surface area contributed by atoms with Crippen LogP contribution >= 0.6 is 23.4 Å². The zero-order valence-corrected chi connectivity index (χ0v) is 8.96. The van der Waals surface area contributed by atoms with E-state index in [2.05, 4.69) is 6.92 Å². The summed E-state index contributed by atoms with van der Waals surface area (Å²) in [5, 5.41) is 0.685. The second-order valence-corrected chi connectivity index (χ2v) is 4.61. The van der Waals surface area contributed by atoms with E-state index in [0.29, 0.717) is 5.25 Å². The minimum absolute atomic E-state index is 0.685. The first kappa shape index (κ1) is 10.4. The van der Waals surface area contributed by atoms with Gasteiger partial charge in [0.2, 0.25) is 0 Å². The fourth-order valence-electron chi connectivity index (χ4n) is 1.12. The van der Waals surface area contributed by atoms with Gasteiger partial charge in [0.05, 0.1) is 6.61 Å². The van der Waals surface area contributed by atoms with Crippen LogP contribution < -0.4 is 0 Å². The van der Waals surface area contributed by atoms with Crippen LogP contribution in [0, 0.1) is 0 Å². The Morgan fingerprint density at radius 3 is 3.17 bits per heavy atom. The Kier molecular flexibility index (Phi) is 5.12. The van der Waals surface area contributed by atoms with Gasteiger partial charge in [0.1, 0.15) is 0 Å². The third-order valence-corrected chi connectivity index (χ3v) is 3.69. The largest absolute Gasteiger partial charge is 0.380 e. The van der Waals surface area contributed by atoms with E-state index < -0.39 is 0 Å². The van der Waals surface area contributed by atoms with Crippen LogP contribution in [-0.4, -0.2) is 24.2 Å². The number of thioether (sulfide) groups is 1. The van der Waals surface area contributed by atoms with Crippen molar-refractivity contribution in [2.75, 3.05) is 19.0 Å². The minimum atomic E-state index is 0.685. The van der Waals surface area contributed by atoms with Crippen LogP contribution in [0.2, 0.25) is 0 Å². The minimum Gasteiger partial charge on any atom is -0.380 e. The SMILES string of the molecule is C/C(=C\Cl)CSC1CCCOC1. The maximum absolute atomic E-state index is 5.56. The van der Waals surface area contributed by atoms with Gasteiger partial charge in [0, 0.05) is 23.1 Å². The second-order valence-electron chi connectivity index (χ2n) is 3.11. The number of rotatable bonds is 3. The summed E-state index contributed by atoms with van der Waals surface area (Å²) in [7, 11) is 0. The summed E-state index contributed by atoms with van der Waals surface area (Å²) >= 11 is 7.52. The summed E-state index contributed by atoms with van der Waals surface area (Å²) in [6.07, 6.45) is 2.50. The van der Waals surface area contributed by atoms with E-state index in [0.717, 1.165) is 19.0 Å². The lowest BCUT2D eigenvalue weighted by atomic mass is 10.2. The van der Waals surface area contributed by atoms with Gasteiger partial charge in [-0.15, -0.1) is 0 Å². The number of halogens is 1. The lowest BCUT2D eigenvalue weighted by molar-refractivity contribution is 0.101. The summed E-state index contributed by atoms with van der Waals surface area (Å²) in [5.74, 6) is 1.04. The van der Waals surface area contributed by atoms with Crippen LogP contribution in [0.1, 0.15) is 19.8 Å². The summed E-state index contributed by atoms with van der Waals surface area (Å²) in [6.45, 7) is 3.92. The van der Waals surface area contributed by atoms with Crippen LogP contribution in [0.4, 0.5) is 0 Å². The molecule has 1 nitrogen and oxygen atoms in total. The summed E-state index contributed by atoms with van der Waals surface area (Å²) in [6, 6.07) is 0. The van der Waals surface area contributed by atoms with Crippen molar-refractivity contribution in [3.8, 4) is 0 Å². The Morgan fingerprint density at radius 2 is 2.58 bits per heavy atom. The zero-order valence-electron chi connectivity index (χ0n) is 7.38. The molecule has 3 heteroatoms. The predicted molar refractivity (Wildman–Crippen MR) is 55.9 cm³/mol. The van der Waals surface area contributed by atoms with Gasteiger partial charge >= 0.3 is 0 Å². The van der Waals surface area contributed by atoms with Crippen molar-refractivity contribution in [1.82, 2.24) is 0 Å². The molecule has 0 radical (unpaired) electrons. The molecule has 0 spiro atoms. The van der Waals surface area contributed by atoms with Crippen molar-refractivity contribution in [2.45, 2.75) is 25.0 Å². The van der Waals surface area contributed by atoms with Crippen molar-refractivity contribution in [1.29, 1.82) is 0 Å². The van der Waals surface area contributed by atoms with Crippen molar-refractivity contribution < 1.29 is 4.74 Å². The maximum atomic E-state index is 5.56. The average Bonchev–Trinajstić information content (AvgIpc) is 2.16. The fraction of sp³-hybridized carbons (Fsp3) is 0.778. The molecule has 0 bridgehead atoms. The van der Waals surface area contributed by atoms with Crippen LogP contribution in [0.3, 0.4) is 0 Å². The molecule has 0 aliphatic carbocycles. The molecule has 1 rings (SSSR count). The number of ether oxygens (including phenoxy) is 1. The third-order valence-electron chi connectivity index (χ3n) is 1.85. The number of hydrogen-bond donors (Lipinski definition) is 0. The lowest BCUT2D eigenvalue weighted by Gasteiger charge is -2.21. The average molecular weight is 207 g/mol. The molecule has 1 aliphatic rings. The fourth-order valence-corrected chi connectivity index (χ4v) is 2.40. The quantitative estimate of drug-likeness (QED) is 0.702. The molecule has 0 amide bonds. The molecule has 0 N–H and O–H groups in total. The van der Waals surface area contributed by atoms with Gasteiger partial charge in [-0.1, -0.05) is 17.2 Å². The first-order valence-corrected chi connectivity index (χ1v) is 5.76. The molecule has 1 saturated heterocycles. The summed E-state index contributed by atoms with van der Waals surface area (Å²) < 4.78 is 5.37. The lowest BCUT2D eigenvalue weighted by Crippen LogP contribution is -2.19. The molecule has 1 unspecified atom stereocenters. The van der Waals surface area contributed by atoms with Crippen molar-refractivity contribution in [3.63, 3.8) is 0 Å². The Morgan fingerprint density at radius 1 is 1.75 bits per heavy atom. The van der Waals surface area contributed by atoms with Gasteiger partial charge < -0.3 is 4.74 Å². The highest BCUT2D eigenvalue weighted by Crippen LogP contribution is 2.22. The molecule has 0 aromatic rings. The van der Waals surface area contributed by atoms with Crippen LogP contribution in [0.5, 0.6) is 0 Å². The molecule has 0 saturated carbocycles. The van der Waals surface area contributed by atoms with E-state index in [1.165, 1.54) is 18.4 Å². The van der Waals surface area contributed by atoms with E-state index in [1.807, 2.05) is 11.8 Å². The molecule has 1 aliphatic heterocycles. The first-order valence-electron chi connectivity index (χ1n) is 4.28. The maximum Gasteiger partial charge on any atom is 0.0585 e. The van der Waals surface area contributed by atoms with E-state index >= 15 is 0 Å². The predicted octanol–water partition coefficient (Wildman–Crippen LogP) is 3.04. The third kappa shape index (κ3) is 3.83. The Hall–Kier alpha value is 0.340. The molecule has 1 atom stereocenters. The smallest absolute Gasteiger partial charge is 0.0585 e. The molecule has 12 heavy (non-hydrogen) atoms. The van der Waals surface area contributed by atoms with E-state index in [9.17, 15) is 0 Å². The van der Waals surface area contributed by atoms with Gasteiger partial charge in [-0.25, -0.2) is 0 Å². The van der Waals surface area contributed by atoms with Gasteiger partial charge in [-0.2, -0.15) is 11.8 Å². The highest BCUT2D eigenvalue weighted by atomic mass is 35.5. The normalized spacial score (nSPS) is 25.8. The monoisotopic (exact) mass is 206 g/mol. The standard InChI is InChI=1S/C9H15ClOS/c1-8(5-10)7-12-9-3-2-4-11-6-9/h5,9H,2-4,6-7H2,1H3/b8-5+.